The van der Waals surface area contributed by atoms with Crippen molar-refractivity contribution in [3.05, 3.63) is 20.1 Å². The molecule has 0 unspecified atom stereocenters. The molecule has 0 aromatic rings. The Morgan fingerprint density at radius 1 is 1.46 bits per heavy atom. The highest BCUT2D eigenvalue weighted by Crippen LogP contribution is 2.08. The van der Waals surface area contributed by atoms with Crippen molar-refractivity contribution < 1.29 is 9.59 Å². The summed E-state index contributed by atoms with van der Waals surface area (Å²) in [6, 6.07) is 0. The van der Waals surface area contributed by atoms with Gasteiger partial charge in [0.1, 0.15) is 5.78 Å². The largest absolute Gasteiger partial charge is 0.347 e. The number of amides is 1. The molecule has 0 aliphatic carbocycles. The third-order valence-corrected chi connectivity index (χ3v) is 1.34. The lowest BCUT2D eigenvalue weighted by molar-refractivity contribution is -0.120. The van der Waals surface area contributed by atoms with Crippen LogP contribution in [0.4, 0.5) is 0 Å². The Kier molecular flexibility index (Phi) is 6.11. The molecule has 0 aliphatic rings. The molecule has 0 saturated carbocycles. The number of rotatable bonds is 4. The van der Waals surface area contributed by atoms with Gasteiger partial charge in [-0.05, 0) is 26.8 Å². The van der Waals surface area contributed by atoms with E-state index in [-0.39, 0.29) is 19.1 Å². The summed E-state index contributed by atoms with van der Waals surface area (Å²) in [5.41, 5.74) is -0.475. The fraction of sp³-hybridized carbons (Fsp3) is 0.500. The molecule has 0 rings (SSSR count). The lowest BCUT2D eigenvalue weighted by Crippen LogP contribution is -2.43. The first kappa shape index (κ1) is 14.4. The molecule has 0 heterocycles. The minimum absolute atomic E-state index is 0. The van der Waals surface area contributed by atoms with Crippen molar-refractivity contribution in [2.75, 3.05) is 0 Å². The summed E-state index contributed by atoms with van der Waals surface area (Å²) in [6.07, 6.45) is 1.54. The molecule has 0 spiro atoms. The van der Waals surface area contributed by atoms with Crippen molar-refractivity contribution in [1.82, 2.24) is 5.32 Å². The van der Waals surface area contributed by atoms with E-state index >= 15 is 0 Å². The highest BCUT2D eigenvalue weighted by atomic mass is 16.1. The summed E-state index contributed by atoms with van der Waals surface area (Å²) in [5, 5.41) is 2.66. The molecule has 1 amide bonds. The fourth-order valence-corrected chi connectivity index (χ4v) is 1.05. The highest BCUT2D eigenvalue weighted by Gasteiger charge is 2.20. The summed E-state index contributed by atoms with van der Waals surface area (Å²) in [7, 11) is 0. The van der Waals surface area contributed by atoms with Crippen LogP contribution in [0.25, 0.3) is 0 Å². The van der Waals surface area contributed by atoms with Crippen molar-refractivity contribution in [3.8, 4) is 0 Å². The predicted molar refractivity (Wildman–Crippen MR) is 54.1 cm³/mol. The average Bonchev–Trinajstić information content (AvgIpc) is 1.83. The molecule has 3 nitrogen and oxygen atoms in total. The fourth-order valence-electron chi connectivity index (χ4n) is 1.05. The van der Waals surface area contributed by atoms with Gasteiger partial charge in [-0.15, -0.1) is 0 Å². The van der Waals surface area contributed by atoms with Gasteiger partial charge in [0.25, 0.3) is 0 Å². The maximum Gasteiger partial charge on any atom is 0.243 e. The molecular formula is C10H18NO2. The summed E-state index contributed by atoms with van der Waals surface area (Å²) >= 11 is 0. The average molecular weight is 184 g/mol. The van der Waals surface area contributed by atoms with E-state index in [2.05, 4.69) is 11.9 Å². The monoisotopic (exact) mass is 184 g/mol. The van der Waals surface area contributed by atoms with Crippen LogP contribution in [0.15, 0.2) is 12.7 Å². The molecule has 0 atom stereocenters. The maximum absolute atomic E-state index is 10.9. The zero-order valence-corrected chi connectivity index (χ0v) is 8.81. The van der Waals surface area contributed by atoms with Crippen molar-refractivity contribution in [1.29, 1.82) is 0 Å². The van der Waals surface area contributed by atoms with Gasteiger partial charge in [0.05, 0.1) is 0 Å². The van der Waals surface area contributed by atoms with Gasteiger partial charge in [0.2, 0.25) is 5.91 Å². The number of hydrogen-bond acceptors (Lipinski definition) is 2. The summed E-state index contributed by atoms with van der Waals surface area (Å²) in [5.74, 6) is -0.189. The topological polar surface area (TPSA) is 46.2 Å². The molecule has 3 heteroatoms. The molecule has 0 saturated heterocycles. The van der Waals surface area contributed by atoms with Crippen LogP contribution in [0.5, 0.6) is 0 Å². The van der Waals surface area contributed by atoms with E-state index in [9.17, 15) is 9.59 Å². The van der Waals surface area contributed by atoms with Gasteiger partial charge in [-0.2, -0.15) is 0 Å². The van der Waals surface area contributed by atoms with Crippen molar-refractivity contribution in [2.45, 2.75) is 32.7 Å². The van der Waals surface area contributed by atoms with E-state index in [0.717, 1.165) is 0 Å². The quantitative estimate of drug-likeness (QED) is 0.673. The van der Waals surface area contributed by atoms with Crippen LogP contribution in [0.3, 0.4) is 0 Å². The minimum atomic E-state index is -0.475. The number of carbonyl (C=O) groups excluding carboxylic acids is 2. The van der Waals surface area contributed by atoms with Crippen LogP contribution in [0, 0.1) is 7.43 Å². The van der Waals surface area contributed by atoms with Gasteiger partial charge >= 0.3 is 0 Å². The van der Waals surface area contributed by atoms with Crippen LogP contribution < -0.4 is 5.32 Å². The number of carbonyl (C=O) groups is 2. The SMILES string of the molecule is C=CC(=O)NC(C)(C)CC(C)=O.[CH3]. The molecule has 0 aliphatic heterocycles. The van der Waals surface area contributed by atoms with E-state index in [0.29, 0.717) is 6.42 Å². The van der Waals surface area contributed by atoms with E-state index in [1.165, 1.54) is 13.0 Å². The summed E-state index contributed by atoms with van der Waals surface area (Å²) in [6.45, 7) is 8.43. The number of nitrogens with one attached hydrogen (secondary N) is 1. The summed E-state index contributed by atoms with van der Waals surface area (Å²) < 4.78 is 0. The number of hydrogen-bond donors (Lipinski definition) is 1. The van der Waals surface area contributed by atoms with Crippen LogP contribution in [-0.4, -0.2) is 17.2 Å². The zero-order valence-electron chi connectivity index (χ0n) is 8.81. The lowest BCUT2D eigenvalue weighted by atomic mass is 9.98. The van der Waals surface area contributed by atoms with Crippen LogP contribution in [0.2, 0.25) is 0 Å². The van der Waals surface area contributed by atoms with Crippen LogP contribution >= 0.6 is 0 Å². The predicted octanol–water partition coefficient (Wildman–Crippen LogP) is 1.50. The van der Waals surface area contributed by atoms with E-state index in [4.69, 9.17) is 0 Å². The third-order valence-electron chi connectivity index (χ3n) is 1.34. The maximum atomic E-state index is 10.9. The molecule has 13 heavy (non-hydrogen) atoms. The first-order valence-corrected chi connectivity index (χ1v) is 3.81. The minimum Gasteiger partial charge on any atom is -0.347 e. The van der Waals surface area contributed by atoms with Crippen molar-refractivity contribution in [2.24, 2.45) is 0 Å². The normalized spacial score (nSPS) is 9.77. The molecular weight excluding hydrogens is 166 g/mol. The van der Waals surface area contributed by atoms with E-state index < -0.39 is 5.54 Å². The molecule has 0 fully saturated rings. The standard InChI is InChI=1S/C9H15NO2.CH3/c1-5-8(12)10-9(3,4)6-7(2)11;/h5H,1,6H2,2-4H3,(H,10,12);1H3. The Morgan fingerprint density at radius 2 is 1.92 bits per heavy atom. The second kappa shape index (κ2) is 5.51. The van der Waals surface area contributed by atoms with Gasteiger partial charge in [-0.3, -0.25) is 9.59 Å². The molecule has 75 valence electrons. The Bertz CT molecular complexity index is 207. The molecule has 0 bridgehead atoms. The second-order valence-corrected chi connectivity index (χ2v) is 3.46. The lowest BCUT2D eigenvalue weighted by Gasteiger charge is -2.23. The van der Waals surface area contributed by atoms with Gasteiger partial charge < -0.3 is 5.32 Å². The molecule has 0 aromatic carbocycles. The van der Waals surface area contributed by atoms with Gasteiger partial charge in [0.15, 0.2) is 0 Å². The van der Waals surface area contributed by atoms with Crippen LogP contribution in [-0.2, 0) is 9.59 Å². The molecule has 1 radical (unpaired) electrons. The van der Waals surface area contributed by atoms with Gasteiger partial charge in [-0.25, -0.2) is 0 Å². The summed E-state index contributed by atoms with van der Waals surface area (Å²) in [4.78, 5) is 21.6. The smallest absolute Gasteiger partial charge is 0.243 e. The highest BCUT2D eigenvalue weighted by molar-refractivity contribution is 5.88. The van der Waals surface area contributed by atoms with Gasteiger partial charge in [-0.1, -0.05) is 14.0 Å². The van der Waals surface area contributed by atoms with Crippen molar-refractivity contribution >= 4 is 11.7 Å². The first-order valence-electron chi connectivity index (χ1n) is 3.81. The Hall–Kier alpha value is -1.12. The van der Waals surface area contributed by atoms with E-state index in [1.807, 2.05) is 0 Å². The van der Waals surface area contributed by atoms with Crippen molar-refractivity contribution in [3.63, 3.8) is 0 Å². The third kappa shape index (κ3) is 7.25. The second-order valence-electron chi connectivity index (χ2n) is 3.46. The Morgan fingerprint density at radius 3 is 2.23 bits per heavy atom. The molecule has 0 aromatic heterocycles. The molecule has 1 N–H and O–H groups in total. The first-order chi connectivity index (χ1) is 5.37. The Labute approximate surface area is 80.2 Å². The zero-order chi connectivity index (χ0) is 9.78. The Balaban J connectivity index is 0. The van der Waals surface area contributed by atoms with Crippen LogP contribution in [0.1, 0.15) is 27.2 Å². The van der Waals surface area contributed by atoms with E-state index in [1.54, 1.807) is 13.8 Å². The van der Waals surface area contributed by atoms with Gasteiger partial charge in [0, 0.05) is 12.0 Å². The number of ketones is 1. The number of Topliss-reactive ketones (excluding diaryl/α,β-unsaturated/α-hetero) is 1.